The van der Waals surface area contributed by atoms with Crippen molar-refractivity contribution in [2.45, 2.75) is 25.4 Å². The number of hydrogen-bond donors (Lipinski definition) is 0. The molecule has 0 radical (unpaired) electrons. The number of ether oxygens (including phenoxy) is 5. The van der Waals surface area contributed by atoms with Gasteiger partial charge in [-0.05, 0) is 54.7 Å². The van der Waals surface area contributed by atoms with Crippen molar-refractivity contribution in [3.05, 3.63) is 80.7 Å². The van der Waals surface area contributed by atoms with Crippen LogP contribution in [0.15, 0.2) is 48.8 Å². The molecule has 0 spiro atoms. The number of nitrogens with zero attached hydrogens (tertiary/aromatic N) is 3. The van der Waals surface area contributed by atoms with E-state index in [1.165, 1.54) is 43.1 Å². The number of hydrogen-bond acceptors (Lipinski definition) is 10. The Bertz CT molecular complexity index is 1700. The number of esters is 1. The van der Waals surface area contributed by atoms with Gasteiger partial charge in [0.1, 0.15) is 21.9 Å². The molecular weight excluding hydrogens is 721 g/mol. The molecule has 3 aromatic rings. The fourth-order valence-corrected chi connectivity index (χ4v) is 6.89. The van der Waals surface area contributed by atoms with Crippen molar-refractivity contribution < 1.29 is 41.6 Å². The van der Waals surface area contributed by atoms with Gasteiger partial charge >= 0.3 is 5.97 Å². The van der Waals surface area contributed by atoms with E-state index in [0.717, 1.165) is 19.1 Å². The molecule has 16 heteroatoms. The third-order valence-corrected chi connectivity index (χ3v) is 10.1. The Morgan fingerprint density at radius 3 is 2.33 bits per heavy atom. The van der Waals surface area contributed by atoms with E-state index in [2.05, 4.69) is 4.90 Å². The van der Waals surface area contributed by atoms with Crippen molar-refractivity contribution in [1.82, 2.24) is 4.90 Å². The van der Waals surface area contributed by atoms with Gasteiger partial charge in [0.15, 0.2) is 23.9 Å². The second kappa shape index (κ2) is 17.1. The van der Waals surface area contributed by atoms with Crippen LogP contribution < -0.4 is 23.2 Å². The summed E-state index contributed by atoms with van der Waals surface area (Å²) < 4.78 is 56.4. The third kappa shape index (κ3) is 10.2. The fraction of sp³-hybridized carbons (Fsp3) is 0.455. The highest BCUT2D eigenvalue weighted by Crippen LogP contribution is 2.38. The summed E-state index contributed by atoms with van der Waals surface area (Å²) in [5, 5.41) is 12.1. The first-order valence-corrected chi connectivity index (χ1v) is 18.1. The monoisotopic (exact) mass is 759 g/mol. The van der Waals surface area contributed by atoms with E-state index < -0.39 is 22.1 Å². The van der Waals surface area contributed by atoms with Gasteiger partial charge in [-0.25, -0.2) is 13.2 Å². The molecule has 268 valence electrons. The minimum atomic E-state index is -3.70. The van der Waals surface area contributed by atoms with Gasteiger partial charge in [0.25, 0.3) is 0 Å². The normalized spacial score (nSPS) is 15.5. The summed E-state index contributed by atoms with van der Waals surface area (Å²) >= 11 is 12.8. The summed E-state index contributed by atoms with van der Waals surface area (Å²) in [5.41, 5.74) is 1.46. The molecule has 2 heterocycles. The summed E-state index contributed by atoms with van der Waals surface area (Å²) in [6.45, 7) is 3.72. The molecule has 0 amide bonds. The van der Waals surface area contributed by atoms with Crippen molar-refractivity contribution >= 4 is 57.3 Å². The molecule has 12 nitrogen and oxygen atoms in total. The van der Waals surface area contributed by atoms with Crippen molar-refractivity contribution in [2.75, 3.05) is 70.8 Å². The van der Waals surface area contributed by atoms with E-state index in [1.807, 2.05) is 0 Å². The highest BCUT2D eigenvalue weighted by atomic mass is 35.5. The van der Waals surface area contributed by atoms with Crippen molar-refractivity contribution in [3.63, 3.8) is 0 Å². The topological polar surface area (TPSA) is 131 Å². The average Bonchev–Trinajstić information content (AvgIpc) is 3.89. The molecule has 2 fully saturated rings. The molecule has 1 aliphatic heterocycles. The molecule has 1 aliphatic carbocycles. The first-order valence-electron chi connectivity index (χ1n) is 15.5. The van der Waals surface area contributed by atoms with Gasteiger partial charge in [-0.1, -0.05) is 29.3 Å². The van der Waals surface area contributed by atoms with Gasteiger partial charge in [0, 0.05) is 38.2 Å². The summed E-state index contributed by atoms with van der Waals surface area (Å²) in [7, 11) is -0.700. The maximum Gasteiger partial charge on any atom is 0.338 e. The maximum absolute atomic E-state index is 13.8. The average molecular weight is 761 g/mol. The molecule has 1 aromatic heterocycles. The van der Waals surface area contributed by atoms with Crippen LogP contribution in [0, 0.1) is 11.1 Å². The molecule has 2 aromatic carbocycles. The number of rotatable bonds is 15. The van der Waals surface area contributed by atoms with E-state index in [1.54, 1.807) is 24.3 Å². The number of benzene rings is 2. The predicted octanol–water partition coefficient (Wildman–Crippen LogP) is 5.09. The van der Waals surface area contributed by atoms with Crippen LogP contribution in [0.5, 0.6) is 17.2 Å². The Balaban J connectivity index is 0.00000541. The second-order valence-corrected chi connectivity index (χ2v) is 14.5. The zero-order valence-corrected chi connectivity index (χ0v) is 30.6. The lowest BCUT2D eigenvalue weighted by Gasteiger charge is -2.30. The van der Waals surface area contributed by atoms with Crippen LogP contribution in [0.1, 0.15) is 40.4 Å². The third-order valence-electron chi connectivity index (χ3n) is 8.23. The molecular formula is C33H40Cl3N3O9S. The van der Waals surface area contributed by atoms with Crippen molar-refractivity contribution in [1.29, 1.82) is 0 Å². The Hall–Kier alpha value is -3.20. The first-order chi connectivity index (χ1) is 23.0. The first kappa shape index (κ1) is 38.6. The molecule has 0 unspecified atom stereocenters. The number of pyridine rings is 1. The number of sulfonamides is 1. The Morgan fingerprint density at radius 1 is 1.04 bits per heavy atom. The van der Waals surface area contributed by atoms with Gasteiger partial charge in [0.05, 0.1) is 51.5 Å². The molecule has 1 atom stereocenters. The van der Waals surface area contributed by atoms with Gasteiger partial charge < -0.3 is 28.9 Å². The largest absolute Gasteiger partial charge is 0.619 e. The van der Waals surface area contributed by atoms with Crippen LogP contribution in [-0.4, -0.2) is 85.8 Å². The van der Waals surface area contributed by atoms with Gasteiger partial charge in [0.2, 0.25) is 10.0 Å². The molecule has 1 saturated heterocycles. The van der Waals surface area contributed by atoms with E-state index in [4.69, 9.17) is 46.9 Å². The lowest BCUT2D eigenvalue weighted by atomic mass is 10.0. The maximum atomic E-state index is 13.8. The quantitative estimate of drug-likeness (QED) is 0.117. The van der Waals surface area contributed by atoms with Crippen LogP contribution >= 0.6 is 35.6 Å². The Kier molecular flexibility index (Phi) is 13.5. The summed E-state index contributed by atoms with van der Waals surface area (Å²) in [6, 6.07) is 9.70. The Labute approximate surface area is 302 Å². The number of halogens is 3. The molecule has 2 aliphatic rings. The number of anilines is 1. The summed E-state index contributed by atoms with van der Waals surface area (Å²) in [4.78, 5) is 16.0. The number of morpholine rings is 1. The molecule has 49 heavy (non-hydrogen) atoms. The van der Waals surface area contributed by atoms with Crippen molar-refractivity contribution in [3.8, 4) is 17.2 Å². The molecule has 0 N–H and O–H groups in total. The summed E-state index contributed by atoms with van der Waals surface area (Å²) in [5.74, 6) is 0.832. The minimum absolute atomic E-state index is 0. The number of aromatic nitrogens is 1. The smallest absolute Gasteiger partial charge is 0.338 e. The van der Waals surface area contributed by atoms with Gasteiger partial charge in [-0.15, -0.1) is 12.4 Å². The zero-order chi connectivity index (χ0) is 34.4. The molecule has 1 saturated carbocycles. The zero-order valence-electron chi connectivity index (χ0n) is 27.4. The van der Waals surface area contributed by atoms with Crippen LogP contribution in [0.2, 0.25) is 10.0 Å². The van der Waals surface area contributed by atoms with Crippen LogP contribution in [0.3, 0.4) is 0 Å². The lowest BCUT2D eigenvalue weighted by Crippen LogP contribution is -2.43. The van der Waals surface area contributed by atoms with E-state index in [9.17, 15) is 18.4 Å². The van der Waals surface area contributed by atoms with Crippen LogP contribution in [0.25, 0.3) is 0 Å². The fourth-order valence-electron chi connectivity index (χ4n) is 5.37. The standard InChI is InChI=1S/C33H39Cl2N3O9S.ClH/c1-43-29-9-7-23(16-32(29)44-2)30(18-25-26(34)19-37(40)20-27(25)35)47-33(39)24-6-8-28(31(17-24)46-21-22-4-5-22)38(48(3,41)42)11-10-36-12-14-45-15-13-36;/h6-9,16-17,19-20,22,30H,4-5,10-15,18,21H2,1-3H3;1H/t30-;/m0./s1. The SMILES string of the molecule is COc1ccc([C@H](Cc2c(Cl)c[n+]([O-])cc2Cl)OC(=O)c2ccc(N(CCN3CCOCC3)S(C)(=O)=O)c(OCC3CC3)c2)cc1OC.Cl. The molecule has 0 bridgehead atoms. The number of carbonyl (C=O) groups is 1. The van der Waals surface area contributed by atoms with E-state index in [-0.39, 0.29) is 46.7 Å². The lowest BCUT2D eigenvalue weighted by molar-refractivity contribution is -0.605. The number of carbonyl (C=O) groups excluding carboxylic acids is 1. The Morgan fingerprint density at radius 2 is 1.71 bits per heavy atom. The highest BCUT2D eigenvalue weighted by molar-refractivity contribution is 7.92. The highest BCUT2D eigenvalue weighted by Gasteiger charge is 2.29. The summed E-state index contributed by atoms with van der Waals surface area (Å²) in [6.07, 6.45) is 4.65. The van der Waals surface area contributed by atoms with Crippen LogP contribution in [-0.2, 0) is 25.9 Å². The van der Waals surface area contributed by atoms with E-state index >= 15 is 0 Å². The predicted molar refractivity (Wildman–Crippen MR) is 188 cm³/mol. The van der Waals surface area contributed by atoms with E-state index in [0.29, 0.717) is 78.4 Å². The second-order valence-electron chi connectivity index (χ2n) is 11.7. The number of methoxy groups -OCH3 is 2. The molecule has 5 rings (SSSR count). The minimum Gasteiger partial charge on any atom is -0.619 e. The van der Waals surface area contributed by atoms with Crippen molar-refractivity contribution in [2.24, 2.45) is 5.92 Å². The van der Waals surface area contributed by atoms with Gasteiger partial charge in [-0.2, -0.15) is 4.73 Å². The van der Waals surface area contributed by atoms with Gasteiger partial charge in [-0.3, -0.25) is 9.21 Å². The van der Waals surface area contributed by atoms with Crippen LogP contribution in [0.4, 0.5) is 5.69 Å².